The molecule has 0 saturated carbocycles. The smallest absolute Gasteiger partial charge is 0.245 e. The van der Waals surface area contributed by atoms with Crippen LogP contribution in [0.4, 0.5) is 5.69 Å². The van der Waals surface area contributed by atoms with Gasteiger partial charge in [0.25, 0.3) is 0 Å². The topological polar surface area (TPSA) is 32.3 Å². The van der Waals surface area contributed by atoms with Crippen LogP contribution in [-0.4, -0.2) is 29.9 Å². The summed E-state index contributed by atoms with van der Waals surface area (Å²) >= 11 is 0. The van der Waals surface area contributed by atoms with Crippen LogP contribution in [0.15, 0.2) is 60.7 Å². The second kappa shape index (κ2) is 8.00. The van der Waals surface area contributed by atoms with Gasteiger partial charge in [-0.1, -0.05) is 55.5 Å². The van der Waals surface area contributed by atoms with Crippen LogP contribution in [0.1, 0.15) is 37.7 Å². The third kappa shape index (κ3) is 3.97. The minimum atomic E-state index is -0.243. The van der Waals surface area contributed by atoms with Gasteiger partial charge in [0, 0.05) is 24.7 Å². The van der Waals surface area contributed by atoms with Crippen LogP contribution >= 0.6 is 0 Å². The molecule has 2 aromatic carbocycles. The standard InChI is InChI=1S/C21H26N2O/c1-17(18-11-5-2-6-12-18)20(22-19-13-7-3-8-14-19)21(24)23-15-9-4-10-16-23/h2-3,5-8,11-14,17,20,22H,4,9-10,15-16H2,1H3/t17-,20-/m0/s1. The van der Waals surface area contributed by atoms with Gasteiger partial charge in [-0.15, -0.1) is 0 Å². The lowest BCUT2D eigenvalue weighted by molar-refractivity contribution is -0.133. The Balaban J connectivity index is 1.83. The highest BCUT2D eigenvalue weighted by molar-refractivity contribution is 5.86. The van der Waals surface area contributed by atoms with E-state index >= 15 is 0 Å². The second-order valence-corrected chi connectivity index (χ2v) is 6.57. The SMILES string of the molecule is C[C@@H](c1ccccc1)[C@H](Nc1ccccc1)C(=O)N1CCCCC1. The summed E-state index contributed by atoms with van der Waals surface area (Å²) in [6.45, 7) is 3.90. The lowest BCUT2D eigenvalue weighted by atomic mass is 9.91. The predicted molar refractivity (Wildman–Crippen MR) is 99.1 cm³/mol. The molecule has 2 atom stereocenters. The maximum absolute atomic E-state index is 13.2. The fraction of sp³-hybridized carbons (Fsp3) is 0.381. The van der Waals surface area contributed by atoms with E-state index in [1.807, 2.05) is 53.4 Å². The van der Waals surface area contributed by atoms with Gasteiger partial charge in [0.15, 0.2) is 0 Å². The molecule has 1 amide bonds. The Morgan fingerprint density at radius 2 is 1.50 bits per heavy atom. The molecular formula is C21H26N2O. The fourth-order valence-corrected chi connectivity index (χ4v) is 3.37. The number of likely N-dealkylation sites (tertiary alicyclic amines) is 1. The molecule has 3 heteroatoms. The van der Waals surface area contributed by atoms with E-state index in [-0.39, 0.29) is 17.9 Å². The van der Waals surface area contributed by atoms with E-state index in [0.717, 1.165) is 31.6 Å². The van der Waals surface area contributed by atoms with E-state index in [4.69, 9.17) is 0 Å². The number of amides is 1. The third-order valence-corrected chi connectivity index (χ3v) is 4.86. The van der Waals surface area contributed by atoms with Crippen molar-refractivity contribution in [2.75, 3.05) is 18.4 Å². The van der Waals surface area contributed by atoms with E-state index in [0.29, 0.717) is 0 Å². The highest BCUT2D eigenvalue weighted by Gasteiger charge is 2.30. The third-order valence-electron chi connectivity index (χ3n) is 4.86. The van der Waals surface area contributed by atoms with Gasteiger partial charge in [-0.3, -0.25) is 4.79 Å². The highest BCUT2D eigenvalue weighted by Crippen LogP contribution is 2.25. The molecule has 0 aromatic heterocycles. The van der Waals surface area contributed by atoms with E-state index in [9.17, 15) is 4.79 Å². The number of para-hydroxylation sites is 1. The Hall–Kier alpha value is -2.29. The minimum Gasteiger partial charge on any atom is -0.373 e. The maximum Gasteiger partial charge on any atom is 0.245 e. The molecule has 0 unspecified atom stereocenters. The number of rotatable bonds is 5. The number of nitrogens with zero attached hydrogens (tertiary/aromatic N) is 1. The molecule has 0 bridgehead atoms. The number of hydrogen-bond donors (Lipinski definition) is 1. The number of piperidine rings is 1. The lowest BCUT2D eigenvalue weighted by Gasteiger charge is -2.34. The molecule has 126 valence electrons. The normalized spacial score (nSPS) is 17.1. The van der Waals surface area contributed by atoms with E-state index < -0.39 is 0 Å². The monoisotopic (exact) mass is 322 g/mol. The molecule has 1 saturated heterocycles. The van der Waals surface area contributed by atoms with Crippen molar-refractivity contribution in [1.29, 1.82) is 0 Å². The second-order valence-electron chi connectivity index (χ2n) is 6.57. The van der Waals surface area contributed by atoms with Crippen LogP contribution in [0.5, 0.6) is 0 Å². The summed E-state index contributed by atoms with van der Waals surface area (Å²) in [6, 6.07) is 20.1. The van der Waals surface area contributed by atoms with Gasteiger partial charge < -0.3 is 10.2 Å². The molecule has 1 fully saturated rings. The molecule has 1 aliphatic heterocycles. The Labute approximate surface area is 144 Å². The van der Waals surface area contributed by atoms with Crippen LogP contribution < -0.4 is 5.32 Å². The summed E-state index contributed by atoms with van der Waals surface area (Å²) in [5.74, 6) is 0.329. The van der Waals surface area contributed by atoms with Gasteiger partial charge in [-0.2, -0.15) is 0 Å². The quantitative estimate of drug-likeness (QED) is 0.891. The van der Waals surface area contributed by atoms with E-state index in [2.05, 4.69) is 24.4 Å². The van der Waals surface area contributed by atoms with Gasteiger partial charge in [0.2, 0.25) is 5.91 Å². The summed E-state index contributed by atoms with van der Waals surface area (Å²) in [5, 5.41) is 3.48. The van der Waals surface area contributed by atoms with Crippen molar-refractivity contribution in [3.63, 3.8) is 0 Å². The average molecular weight is 322 g/mol. The van der Waals surface area contributed by atoms with Crippen LogP contribution in [0, 0.1) is 0 Å². The van der Waals surface area contributed by atoms with E-state index in [1.54, 1.807) is 0 Å². The van der Waals surface area contributed by atoms with Crippen molar-refractivity contribution in [2.24, 2.45) is 0 Å². The number of anilines is 1. The Morgan fingerprint density at radius 1 is 0.917 bits per heavy atom. The number of carbonyl (C=O) groups is 1. The van der Waals surface area contributed by atoms with Crippen LogP contribution in [0.25, 0.3) is 0 Å². The minimum absolute atomic E-state index is 0.112. The molecule has 1 heterocycles. The Morgan fingerprint density at radius 3 is 2.12 bits per heavy atom. The summed E-state index contributed by atoms with van der Waals surface area (Å²) < 4.78 is 0. The molecule has 3 rings (SSSR count). The van der Waals surface area contributed by atoms with Crippen molar-refractivity contribution in [3.8, 4) is 0 Å². The van der Waals surface area contributed by atoms with Crippen molar-refractivity contribution in [2.45, 2.75) is 38.1 Å². The number of hydrogen-bond acceptors (Lipinski definition) is 2. The molecule has 2 aromatic rings. The van der Waals surface area contributed by atoms with Crippen molar-refractivity contribution >= 4 is 11.6 Å². The average Bonchev–Trinajstić information content (AvgIpc) is 2.67. The van der Waals surface area contributed by atoms with Crippen LogP contribution in [-0.2, 0) is 4.79 Å². The molecule has 0 aliphatic carbocycles. The van der Waals surface area contributed by atoms with Crippen LogP contribution in [0.3, 0.4) is 0 Å². The molecule has 0 radical (unpaired) electrons. The summed E-state index contributed by atoms with van der Waals surface area (Å²) in [7, 11) is 0. The van der Waals surface area contributed by atoms with E-state index in [1.165, 1.54) is 12.0 Å². The van der Waals surface area contributed by atoms with Gasteiger partial charge in [-0.05, 0) is 37.0 Å². The highest BCUT2D eigenvalue weighted by atomic mass is 16.2. The number of carbonyl (C=O) groups excluding carboxylic acids is 1. The first-order valence-corrected chi connectivity index (χ1v) is 8.91. The zero-order valence-electron chi connectivity index (χ0n) is 14.3. The number of nitrogens with one attached hydrogen (secondary N) is 1. The fourth-order valence-electron chi connectivity index (χ4n) is 3.37. The van der Waals surface area contributed by atoms with Gasteiger partial charge in [0.1, 0.15) is 6.04 Å². The largest absolute Gasteiger partial charge is 0.373 e. The van der Waals surface area contributed by atoms with Gasteiger partial charge in [-0.25, -0.2) is 0 Å². The summed E-state index contributed by atoms with van der Waals surface area (Å²) in [6.07, 6.45) is 3.46. The Bertz CT molecular complexity index is 635. The predicted octanol–water partition coefficient (Wildman–Crippen LogP) is 4.28. The maximum atomic E-state index is 13.2. The first-order chi connectivity index (χ1) is 11.8. The molecule has 0 spiro atoms. The van der Waals surface area contributed by atoms with Gasteiger partial charge in [0.05, 0.1) is 0 Å². The van der Waals surface area contributed by atoms with Gasteiger partial charge >= 0.3 is 0 Å². The van der Waals surface area contributed by atoms with Crippen LogP contribution in [0.2, 0.25) is 0 Å². The number of benzene rings is 2. The molecular weight excluding hydrogens is 296 g/mol. The first kappa shape index (κ1) is 16.6. The summed E-state index contributed by atoms with van der Waals surface area (Å²) in [5.41, 5.74) is 2.19. The first-order valence-electron chi connectivity index (χ1n) is 8.91. The molecule has 1 aliphatic rings. The summed E-state index contributed by atoms with van der Waals surface area (Å²) in [4.78, 5) is 15.2. The zero-order valence-corrected chi connectivity index (χ0v) is 14.3. The molecule has 3 nitrogen and oxygen atoms in total. The molecule has 1 N–H and O–H groups in total. The van der Waals surface area contributed by atoms with Crippen molar-refractivity contribution < 1.29 is 4.79 Å². The Kier molecular flexibility index (Phi) is 5.52. The lowest BCUT2D eigenvalue weighted by Crippen LogP contribution is -2.47. The van der Waals surface area contributed by atoms with Crippen molar-refractivity contribution in [1.82, 2.24) is 4.90 Å². The zero-order chi connectivity index (χ0) is 16.8. The molecule has 24 heavy (non-hydrogen) atoms. The van der Waals surface area contributed by atoms with Crippen molar-refractivity contribution in [3.05, 3.63) is 66.2 Å².